The predicted octanol–water partition coefficient (Wildman–Crippen LogP) is 2.02. The topological polar surface area (TPSA) is 54.8 Å². The molecule has 0 amide bonds. The molecule has 0 bridgehead atoms. The first-order chi connectivity index (χ1) is 9.92. The van der Waals surface area contributed by atoms with E-state index in [1.807, 2.05) is 30.6 Å². The van der Waals surface area contributed by atoms with Crippen LogP contribution in [0.15, 0.2) is 49.1 Å². The smallest absolute Gasteiger partial charge is 0.0921 e. The molecule has 0 N–H and O–H groups in total. The number of fused-ring (bicyclic) bond motifs is 1. The molecular weight excluding hydrogens is 250 g/mol. The summed E-state index contributed by atoms with van der Waals surface area (Å²) in [5, 5.41) is 8.88. The molecule has 4 rings (SSSR count). The average molecular weight is 263 g/mol. The van der Waals surface area contributed by atoms with Crippen LogP contribution in [0.5, 0.6) is 0 Å². The lowest BCUT2D eigenvalue weighted by Gasteiger charge is -2.40. The van der Waals surface area contributed by atoms with Gasteiger partial charge in [-0.05, 0) is 18.2 Å². The summed E-state index contributed by atoms with van der Waals surface area (Å²) in [5.41, 5.74) is 3.23. The largest absolute Gasteiger partial charge is 0.369 e. The summed E-state index contributed by atoms with van der Waals surface area (Å²) in [6, 6.07) is 8.03. The third-order valence-corrected chi connectivity index (χ3v) is 3.75. The Kier molecular flexibility index (Phi) is 2.55. The number of nitrogens with zero attached hydrogens (tertiary/aromatic N) is 5. The molecule has 5 heteroatoms. The molecule has 4 heterocycles. The molecule has 0 saturated carbocycles. The Morgan fingerprint density at radius 3 is 2.75 bits per heavy atom. The van der Waals surface area contributed by atoms with Crippen molar-refractivity contribution in [2.24, 2.45) is 0 Å². The van der Waals surface area contributed by atoms with Crippen LogP contribution in [0.25, 0.3) is 10.9 Å². The molecule has 0 radical (unpaired) electrons. The fourth-order valence-electron chi connectivity index (χ4n) is 2.66. The second-order valence-corrected chi connectivity index (χ2v) is 4.97. The molecule has 0 aromatic carbocycles. The van der Waals surface area contributed by atoms with Crippen LogP contribution in [0.4, 0.5) is 5.69 Å². The second kappa shape index (κ2) is 4.52. The number of hydrogen-bond donors (Lipinski definition) is 0. The quantitative estimate of drug-likeness (QED) is 0.708. The van der Waals surface area contributed by atoms with Gasteiger partial charge in [0.05, 0.1) is 29.3 Å². The van der Waals surface area contributed by atoms with Gasteiger partial charge in [-0.2, -0.15) is 10.2 Å². The van der Waals surface area contributed by atoms with E-state index >= 15 is 0 Å². The van der Waals surface area contributed by atoms with Crippen LogP contribution >= 0.6 is 0 Å². The fourth-order valence-corrected chi connectivity index (χ4v) is 2.66. The van der Waals surface area contributed by atoms with E-state index in [0.717, 1.165) is 35.4 Å². The Hall–Kier alpha value is -2.56. The molecule has 1 aliphatic heterocycles. The van der Waals surface area contributed by atoms with Gasteiger partial charge in [0.15, 0.2) is 0 Å². The van der Waals surface area contributed by atoms with Gasteiger partial charge in [0.25, 0.3) is 0 Å². The number of anilines is 1. The lowest BCUT2D eigenvalue weighted by atomic mass is 9.93. The van der Waals surface area contributed by atoms with Crippen LogP contribution in [0.1, 0.15) is 11.6 Å². The van der Waals surface area contributed by atoms with Crippen molar-refractivity contribution in [3.8, 4) is 0 Å². The van der Waals surface area contributed by atoms with Crippen LogP contribution in [-0.2, 0) is 0 Å². The zero-order valence-corrected chi connectivity index (χ0v) is 10.8. The summed E-state index contributed by atoms with van der Waals surface area (Å²) in [4.78, 5) is 11.3. The molecule has 0 unspecified atom stereocenters. The van der Waals surface area contributed by atoms with Crippen LogP contribution in [0, 0.1) is 0 Å². The van der Waals surface area contributed by atoms with Crippen molar-refractivity contribution >= 4 is 16.6 Å². The predicted molar refractivity (Wildman–Crippen MR) is 76.5 cm³/mol. The lowest BCUT2D eigenvalue weighted by Crippen LogP contribution is -2.45. The van der Waals surface area contributed by atoms with E-state index in [-0.39, 0.29) is 0 Å². The zero-order chi connectivity index (χ0) is 13.4. The number of hydrogen-bond acceptors (Lipinski definition) is 5. The molecule has 0 atom stereocenters. The lowest BCUT2D eigenvalue weighted by molar-refractivity contribution is 0.516. The molecular formula is C15H13N5. The van der Waals surface area contributed by atoms with Gasteiger partial charge in [-0.3, -0.25) is 9.97 Å². The van der Waals surface area contributed by atoms with Gasteiger partial charge < -0.3 is 4.90 Å². The standard InChI is InChI=1S/C15H13N5/c1-2-11-3-6-17-15(14(11)16-5-1)12-9-20(10-12)13-4-7-18-19-8-13/h1-8,12H,9-10H2. The molecule has 1 aliphatic rings. The normalized spacial score (nSPS) is 15.3. The minimum Gasteiger partial charge on any atom is -0.369 e. The summed E-state index contributed by atoms with van der Waals surface area (Å²) in [5.74, 6) is 0.432. The molecule has 20 heavy (non-hydrogen) atoms. The minimum absolute atomic E-state index is 0.432. The number of rotatable bonds is 2. The molecule has 0 spiro atoms. The summed E-state index contributed by atoms with van der Waals surface area (Å²) in [6.45, 7) is 1.91. The van der Waals surface area contributed by atoms with E-state index in [4.69, 9.17) is 0 Å². The van der Waals surface area contributed by atoms with Gasteiger partial charge in [0.2, 0.25) is 0 Å². The highest BCUT2D eigenvalue weighted by molar-refractivity contribution is 5.81. The average Bonchev–Trinajstić information content (AvgIpc) is 2.47. The monoisotopic (exact) mass is 263 g/mol. The van der Waals surface area contributed by atoms with E-state index in [2.05, 4.69) is 31.1 Å². The highest BCUT2D eigenvalue weighted by atomic mass is 15.2. The number of aromatic nitrogens is 4. The van der Waals surface area contributed by atoms with Crippen molar-refractivity contribution in [1.82, 2.24) is 20.2 Å². The highest BCUT2D eigenvalue weighted by Crippen LogP contribution is 2.32. The Morgan fingerprint density at radius 2 is 1.90 bits per heavy atom. The van der Waals surface area contributed by atoms with E-state index in [1.54, 1.807) is 12.4 Å². The summed E-state index contributed by atoms with van der Waals surface area (Å²) in [7, 11) is 0. The summed E-state index contributed by atoms with van der Waals surface area (Å²) in [6.07, 6.45) is 7.22. The van der Waals surface area contributed by atoms with Gasteiger partial charge >= 0.3 is 0 Å². The maximum absolute atomic E-state index is 4.54. The van der Waals surface area contributed by atoms with Crippen molar-refractivity contribution in [3.63, 3.8) is 0 Å². The van der Waals surface area contributed by atoms with E-state index in [0.29, 0.717) is 5.92 Å². The van der Waals surface area contributed by atoms with Gasteiger partial charge in [-0.15, -0.1) is 0 Å². The fraction of sp³-hybridized carbons (Fsp3) is 0.200. The van der Waals surface area contributed by atoms with Crippen LogP contribution in [-0.4, -0.2) is 33.3 Å². The first-order valence-corrected chi connectivity index (χ1v) is 6.63. The van der Waals surface area contributed by atoms with Crippen molar-refractivity contribution in [1.29, 1.82) is 0 Å². The first-order valence-electron chi connectivity index (χ1n) is 6.63. The second-order valence-electron chi connectivity index (χ2n) is 4.97. The van der Waals surface area contributed by atoms with Gasteiger partial charge in [0.1, 0.15) is 0 Å². The highest BCUT2D eigenvalue weighted by Gasteiger charge is 2.31. The van der Waals surface area contributed by atoms with E-state index in [9.17, 15) is 0 Å². The molecule has 1 saturated heterocycles. The van der Waals surface area contributed by atoms with Crippen molar-refractivity contribution in [2.75, 3.05) is 18.0 Å². The Balaban J connectivity index is 1.61. The third-order valence-electron chi connectivity index (χ3n) is 3.75. The summed E-state index contributed by atoms with van der Waals surface area (Å²) >= 11 is 0. The minimum atomic E-state index is 0.432. The Bertz CT molecular complexity index is 732. The zero-order valence-electron chi connectivity index (χ0n) is 10.8. The molecule has 98 valence electrons. The molecule has 3 aromatic rings. The van der Waals surface area contributed by atoms with Crippen molar-refractivity contribution < 1.29 is 0 Å². The van der Waals surface area contributed by atoms with Gasteiger partial charge in [0, 0.05) is 36.8 Å². The van der Waals surface area contributed by atoms with E-state index < -0.39 is 0 Å². The SMILES string of the molecule is c1cnc2c(C3CN(c4ccnnc4)C3)nccc2c1. The molecule has 1 fully saturated rings. The summed E-state index contributed by atoms with van der Waals surface area (Å²) < 4.78 is 0. The van der Waals surface area contributed by atoms with E-state index in [1.165, 1.54) is 0 Å². The van der Waals surface area contributed by atoms with Crippen LogP contribution < -0.4 is 4.90 Å². The van der Waals surface area contributed by atoms with Crippen molar-refractivity contribution in [3.05, 3.63) is 54.7 Å². The van der Waals surface area contributed by atoms with Crippen LogP contribution in [0.2, 0.25) is 0 Å². The number of pyridine rings is 2. The molecule has 5 nitrogen and oxygen atoms in total. The Labute approximate surface area is 116 Å². The Morgan fingerprint density at radius 1 is 0.950 bits per heavy atom. The maximum atomic E-state index is 4.54. The third kappa shape index (κ3) is 1.79. The first kappa shape index (κ1) is 11.3. The maximum Gasteiger partial charge on any atom is 0.0921 e. The molecule has 3 aromatic heterocycles. The van der Waals surface area contributed by atoms with Gasteiger partial charge in [-0.25, -0.2) is 0 Å². The van der Waals surface area contributed by atoms with Gasteiger partial charge in [-0.1, -0.05) is 6.07 Å². The van der Waals surface area contributed by atoms with Crippen molar-refractivity contribution in [2.45, 2.75) is 5.92 Å². The van der Waals surface area contributed by atoms with Crippen LogP contribution in [0.3, 0.4) is 0 Å². The molecule has 0 aliphatic carbocycles.